The second kappa shape index (κ2) is 12.8. The lowest BCUT2D eigenvalue weighted by molar-refractivity contribution is 0.102. The predicted molar refractivity (Wildman–Crippen MR) is 137 cm³/mol. The van der Waals surface area contributed by atoms with Crippen molar-refractivity contribution in [3.05, 3.63) is 59.5 Å². The summed E-state index contributed by atoms with van der Waals surface area (Å²) in [5, 5.41) is 22.6. The molecule has 0 unspecified atom stereocenters. The Hall–Kier alpha value is -3.77. The molecule has 3 rings (SSSR count). The van der Waals surface area contributed by atoms with Gasteiger partial charge < -0.3 is 4.74 Å². The van der Waals surface area contributed by atoms with Crippen molar-refractivity contribution in [3.63, 3.8) is 0 Å². The van der Waals surface area contributed by atoms with Crippen LogP contribution in [0.3, 0.4) is 0 Å². The van der Waals surface area contributed by atoms with Crippen molar-refractivity contribution in [3.8, 4) is 29.1 Å². The van der Waals surface area contributed by atoms with E-state index in [2.05, 4.69) is 10.3 Å². The highest BCUT2D eigenvalue weighted by atomic mass is 32.2. The van der Waals surface area contributed by atoms with E-state index < -0.39 is 15.9 Å². The number of hydrogen-bond acceptors (Lipinski definition) is 8. The SMILES string of the molecule is CCCOc1ccc(-c2csc(NC(=O)c3ccc(S(=O)(=O)N(CCC#N)CCC#N)cc3)n2)cc1. The summed E-state index contributed by atoms with van der Waals surface area (Å²) in [5.74, 6) is 0.363. The quantitative estimate of drug-likeness (QED) is 0.364. The molecule has 2 aromatic carbocycles. The van der Waals surface area contributed by atoms with E-state index in [1.165, 1.54) is 35.6 Å². The lowest BCUT2D eigenvalue weighted by Gasteiger charge is -2.20. The molecule has 0 radical (unpaired) electrons. The number of thiazole rings is 1. The number of anilines is 1. The molecule has 0 spiro atoms. The first-order valence-corrected chi connectivity index (χ1v) is 13.5. The zero-order valence-electron chi connectivity index (χ0n) is 19.7. The molecule has 9 nitrogen and oxygen atoms in total. The summed E-state index contributed by atoms with van der Waals surface area (Å²) < 4.78 is 32.5. The summed E-state index contributed by atoms with van der Waals surface area (Å²) >= 11 is 1.28. The monoisotopic (exact) mass is 523 g/mol. The fraction of sp³-hybridized carbons (Fsp3) is 0.280. The zero-order chi connectivity index (χ0) is 26.0. The van der Waals surface area contributed by atoms with E-state index in [0.29, 0.717) is 17.4 Å². The molecule has 0 atom stereocenters. The molecule has 0 aliphatic heterocycles. The molecule has 0 saturated heterocycles. The minimum atomic E-state index is -3.90. The van der Waals surface area contributed by atoms with Crippen LogP contribution in [0.5, 0.6) is 5.75 Å². The number of aromatic nitrogens is 1. The van der Waals surface area contributed by atoms with Gasteiger partial charge in [-0.2, -0.15) is 14.8 Å². The predicted octanol–water partition coefficient (Wildman–Crippen LogP) is 4.67. The maximum Gasteiger partial charge on any atom is 0.257 e. The van der Waals surface area contributed by atoms with Gasteiger partial charge in [-0.05, 0) is 55.0 Å². The standard InChI is InChI=1S/C25H25N5O4S2/c1-2-17-34-21-9-5-19(6-10-21)23-18-35-25(28-23)29-24(31)20-7-11-22(12-8-20)36(32,33)30(15-3-13-26)16-4-14-27/h5-12,18H,2-4,15-17H2,1H3,(H,28,29,31). The molecule has 3 aromatic rings. The molecule has 1 amide bonds. The largest absolute Gasteiger partial charge is 0.494 e. The number of nitriles is 2. The molecule has 0 fully saturated rings. The highest BCUT2D eigenvalue weighted by Crippen LogP contribution is 2.27. The molecule has 0 bridgehead atoms. The van der Waals surface area contributed by atoms with Crippen molar-refractivity contribution in [1.29, 1.82) is 10.5 Å². The maximum atomic E-state index is 12.9. The number of carbonyl (C=O) groups is 1. The van der Waals surface area contributed by atoms with Crippen molar-refractivity contribution < 1.29 is 17.9 Å². The van der Waals surface area contributed by atoms with Crippen molar-refractivity contribution >= 4 is 32.4 Å². The highest BCUT2D eigenvalue weighted by molar-refractivity contribution is 7.89. The Morgan fingerprint density at radius 3 is 2.28 bits per heavy atom. The molecule has 1 N–H and O–H groups in total. The molecule has 11 heteroatoms. The third kappa shape index (κ3) is 6.89. The average molecular weight is 524 g/mol. The molecule has 36 heavy (non-hydrogen) atoms. The number of nitrogens with zero attached hydrogens (tertiary/aromatic N) is 4. The first-order chi connectivity index (χ1) is 17.4. The van der Waals surface area contributed by atoms with Crippen molar-refractivity contribution in [2.75, 3.05) is 25.0 Å². The van der Waals surface area contributed by atoms with Gasteiger partial charge in [-0.3, -0.25) is 10.1 Å². The average Bonchev–Trinajstić information content (AvgIpc) is 3.36. The van der Waals surface area contributed by atoms with E-state index in [0.717, 1.165) is 22.0 Å². The molecule has 1 aromatic heterocycles. The van der Waals surface area contributed by atoms with Gasteiger partial charge in [-0.15, -0.1) is 11.3 Å². The number of hydrogen-bond donors (Lipinski definition) is 1. The van der Waals surface area contributed by atoms with Crippen LogP contribution in [0.15, 0.2) is 58.8 Å². The molecule has 1 heterocycles. The smallest absolute Gasteiger partial charge is 0.257 e. The Morgan fingerprint density at radius 2 is 1.69 bits per heavy atom. The van der Waals surface area contributed by atoms with Gasteiger partial charge in [0.05, 0.1) is 29.3 Å². The van der Waals surface area contributed by atoms with Crippen LogP contribution in [0.2, 0.25) is 0 Å². The van der Waals surface area contributed by atoms with Crippen molar-refractivity contribution in [2.45, 2.75) is 31.1 Å². The van der Waals surface area contributed by atoms with E-state index in [9.17, 15) is 13.2 Å². The molecule has 186 valence electrons. The van der Waals surface area contributed by atoms with Crippen LogP contribution in [0.25, 0.3) is 11.3 Å². The van der Waals surface area contributed by atoms with Gasteiger partial charge >= 0.3 is 0 Å². The lowest BCUT2D eigenvalue weighted by atomic mass is 10.2. The normalized spacial score (nSPS) is 11.0. The number of ether oxygens (including phenoxy) is 1. The Balaban J connectivity index is 1.67. The van der Waals surface area contributed by atoms with Gasteiger partial charge in [0.15, 0.2) is 5.13 Å². The molecule has 0 saturated carbocycles. The van der Waals surface area contributed by atoms with Crippen LogP contribution >= 0.6 is 11.3 Å². The topological polar surface area (TPSA) is 136 Å². The molecular formula is C25H25N5O4S2. The van der Waals surface area contributed by atoms with E-state index in [1.54, 1.807) is 0 Å². The van der Waals surface area contributed by atoms with Crippen LogP contribution < -0.4 is 10.1 Å². The Labute approximate surface area is 214 Å². The van der Waals surface area contributed by atoms with E-state index >= 15 is 0 Å². The second-order valence-electron chi connectivity index (χ2n) is 7.61. The van der Waals surface area contributed by atoms with Crippen LogP contribution in [0.4, 0.5) is 5.13 Å². The maximum absolute atomic E-state index is 12.9. The summed E-state index contributed by atoms with van der Waals surface area (Å²) in [6, 6.07) is 16.9. The fourth-order valence-corrected chi connectivity index (χ4v) is 5.36. The summed E-state index contributed by atoms with van der Waals surface area (Å²) in [7, 11) is -3.90. The van der Waals surface area contributed by atoms with Crippen molar-refractivity contribution in [2.24, 2.45) is 0 Å². The van der Waals surface area contributed by atoms with E-state index in [-0.39, 0.29) is 36.4 Å². The molecule has 0 aliphatic carbocycles. The lowest BCUT2D eigenvalue weighted by Crippen LogP contribution is -2.32. The van der Waals surface area contributed by atoms with Gasteiger partial charge in [0.2, 0.25) is 10.0 Å². The number of rotatable bonds is 12. The van der Waals surface area contributed by atoms with Gasteiger partial charge in [-0.1, -0.05) is 6.92 Å². The molecule has 0 aliphatic rings. The third-order valence-electron chi connectivity index (χ3n) is 5.05. The summed E-state index contributed by atoms with van der Waals surface area (Å²) in [4.78, 5) is 17.1. The number of amides is 1. The van der Waals surface area contributed by atoms with Gasteiger partial charge in [0.1, 0.15) is 5.75 Å². The Kier molecular flexibility index (Phi) is 9.53. The Bertz CT molecular complexity index is 1340. The first-order valence-electron chi connectivity index (χ1n) is 11.2. The van der Waals surface area contributed by atoms with Crippen molar-refractivity contribution in [1.82, 2.24) is 9.29 Å². The summed E-state index contributed by atoms with van der Waals surface area (Å²) in [6.45, 7) is 2.67. The van der Waals surface area contributed by atoms with Crippen LogP contribution in [0.1, 0.15) is 36.5 Å². The second-order valence-corrected chi connectivity index (χ2v) is 10.4. The van der Waals surface area contributed by atoms with Gasteiger partial charge in [0.25, 0.3) is 5.91 Å². The zero-order valence-corrected chi connectivity index (χ0v) is 21.3. The van der Waals surface area contributed by atoms with E-state index in [1.807, 2.05) is 48.7 Å². The number of nitrogens with one attached hydrogen (secondary N) is 1. The minimum absolute atomic E-state index is 0.0103. The molecular weight excluding hydrogens is 498 g/mol. The summed E-state index contributed by atoms with van der Waals surface area (Å²) in [5.41, 5.74) is 1.87. The van der Waals surface area contributed by atoms with Gasteiger partial charge in [-0.25, -0.2) is 13.4 Å². The highest BCUT2D eigenvalue weighted by Gasteiger charge is 2.24. The Morgan fingerprint density at radius 1 is 1.06 bits per heavy atom. The van der Waals surface area contributed by atoms with Crippen LogP contribution in [-0.4, -0.2) is 43.3 Å². The third-order valence-corrected chi connectivity index (χ3v) is 7.72. The van der Waals surface area contributed by atoms with Crippen LogP contribution in [-0.2, 0) is 10.0 Å². The van der Waals surface area contributed by atoms with Gasteiger partial charge in [0, 0.05) is 42.4 Å². The van der Waals surface area contributed by atoms with E-state index in [4.69, 9.17) is 15.3 Å². The summed E-state index contributed by atoms with van der Waals surface area (Å²) in [6.07, 6.45) is 0.952. The fourth-order valence-electron chi connectivity index (χ4n) is 3.20. The minimum Gasteiger partial charge on any atom is -0.494 e. The number of benzene rings is 2. The van der Waals surface area contributed by atoms with Crippen LogP contribution in [0, 0.1) is 22.7 Å². The number of carbonyl (C=O) groups excluding carboxylic acids is 1. The first kappa shape index (κ1) is 26.8. The number of sulfonamides is 1.